The predicted molar refractivity (Wildman–Crippen MR) is 294 cm³/mol. The number of hydrogen-bond acceptors (Lipinski definition) is 13. The fourth-order valence-electron chi connectivity index (χ4n) is 9.40. The van der Waals surface area contributed by atoms with E-state index in [9.17, 15) is 28.0 Å². The maximum Gasteiger partial charge on any atom is 0.346 e. The number of carbonyl (C=O) groups excluding carboxylic acids is 2. The zero-order valence-electron chi connectivity index (χ0n) is 44.8. The first-order valence-corrected chi connectivity index (χ1v) is 25.8. The number of carbonyl (C=O) groups is 2. The first-order valence-electron chi connectivity index (χ1n) is 25.8. The molecule has 0 bridgehead atoms. The SMILES string of the molecule is COCCn1c(Cc2cc(F)c(-c3cc(=O)cc(OCc4ccc(C#N)cc4F)[nH]3)cc2F)nc2ccc(C(=O)OC(=O)c3ccc4nc(Cc5cc(F)c(-c6cc(=O)cc(OCc7ccc(C#N)cc7F)[nH]6)cc5F)n(CCOC)c4c3)cc21. The van der Waals surface area contributed by atoms with Crippen LogP contribution in [-0.4, -0.2) is 68.4 Å². The van der Waals surface area contributed by atoms with Crippen molar-refractivity contribution in [2.24, 2.45) is 0 Å². The summed E-state index contributed by atoms with van der Waals surface area (Å²) in [4.78, 5) is 67.5. The van der Waals surface area contributed by atoms with E-state index >= 15 is 17.6 Å². The van der Waals surface area contributed by atoms with Crippen LogP contribution in [-0.2, 0) is 53.4 Å². The van der Waals surface area contributed by atoms with Gasteiger partial charge >= 0.3 is 11.9 Å². The van der Waals surface area contributed by atoms with E-state index in [1.807, 2.05) is 12.1 Å². The van der Waals surface area contributed by atoms with Gasteiger partial charge in [0.05, 0.1) is 81.1 Å². The van der Waals surface area contributed by atoms with Crippen molar-refractivity contribution in [1.82, 2.24) is 29.1 Å². The highest BCUT2D eigenvalue weighted by molar-refractivity contribution is 6.05. The van der Waals surface area contributed by atoms with Crippen LogP contribution in [0.25, 0.3) is 44.6 Å². The molecule has 0 unspecified atom stereocenters. The number of rotatable bonds is 20. The molecule has 23 heteroatoms. The smallest absolute Gasteiger partial charge is 0.346 e. The normalized spacial score (nSPS) is 11.2. The topological polar surface area (TPSA) is 229 Å². The van der Waals surface area contributed by atoms with E-state index in [0.717, 1.165) is 60.7 Å². The quantitative estimate of drug-likeness (QED) is 0.0412. The molecule has 0 aliphatic heterocycles. The molecule has 0 aliphatic rings. The molecule has 0 saturated heterocycles. The molecule has 4 heterocycles. The molecule has 10 aromatic rings. The van der Waals surface area contributed by atoms with Gasteiger partial charge in [0, 0.05) is 86.7 Å². The molecule has 0 atom stereocenters. The first-order chi connectivity index (χ1) is 41.0. The lowest BCUT2D eigenvalue weighted by Crippen LogP contribution is -2.14. The molecule has 0 amide bonds. The number of pyridine rings is 2. The third kappa shape index (κ3) is 12.7. The van der Waals surface area contributed by atoms with E-state index < -0.39 is 57.7 Å². The molecule has 10 rings (SSSR count). The number of nitriles is 2. The summed E-state index contributed by atoms with van der Waals surface area (Å²) in [5.74, 6) is -6.81. The van der Waals surface area contributed by atoms with Crippen LogP contribution in [0.2, 0.25) is 0 Å². The first kappa shape index (κ1) is 57.6. The molecule has 0 radical (unpaired) electrons. The summed E-state index contributed by atoms with van der Waals surface area (Å²) in [6.07, 6.45) is -0.494. The second-order valence-corrected chi connectivity index (χ2v) is 19.2. The lowest BCUT2D eigenvalue weighted by Gasteiger charge is -2.13. The highest BCUT2D eigenvalue weighted by atomic mass is 19.1. The summed E-state index contributed by atoms with van der Waals surface area (Å²) < 4.78 is 123. The summed E-state index contributed by atoms with van der Waals surface area (Å²) in [7, 11) is 2.91. The lowest BCUT2D eigenvalue weighted by atomic mass is 10.0. The van der Waals surface area contributed by atoms with Gasteiger partial charge in [0.15, 0.2) is 22.6 Å². The molecule has 85 heavy (non-hydrogen) atoms. The van der Waals surface area contributed by atoms with Crippen LogP contribution >= 0.6 is 0 Å². The summed E-state index contributed by atoms with van der Waals surface area (Å²) in [6.45, 7) is -0.124. The summed E-state index contributed by atoms with van der Waals surface area (Å²) in [5.41, 5.74) is -0.619. The van der Waals surface area contributed by atoms with Gasteiger partial charge in [-0.1, -0.05) is 12.1 Å². The molecule has 0 aliphatic carbocycles. The van der Waals surface area contributed by atoms with E-state index in [1.165, 1.54) is 74.9 Å². The van der Waals surface area contributed by atoms with E-state index in [-0.39, 0.29) is 143 Å². The van der Waals surface area contributed by atoms with Gasteiger partial charge in [-0.15, -0.1) is 0 Å². The van der Waals surface area contributed by atoms with Crippen LogP contribution in [0.15, 0.2) is 131 Å². The third-order valence-electron chi connectivity index (χ3n) is 13.7. The number of hydrogen-bond donors (Lipinski definition) is 2. The molecule has 428 valence electrons. The Kier molecular flexibility index (Phi) is 16.8. The van der Waals surface area contributed by atoms with Crippen molar-refractivity contribution < 1.29 is 59.6 Å². The average Bonchev–Trinajstić information content (AvgIpc) is 2.24. The number of ether oxygens (including phenoxy) is 5. The Morgan fingerprint density at radius 2 is 0.918 bits per heavy atom. The summed E-state index contributed by atoms with van der Waals surface area (Å²) in [5, 5.41) is 18.1. The average molecular weight is 1160 g/mol. The zero-order valence-corrected chi connectivity index (χ0v) is 44.8. The number of nitrogens with one attached hydrogen (secondary N) is 2. The number of esters is 2. The van der Waals surface area contributed by atoms with Crippen molar-refractivity contribution in [2.45, 2.75) is 39.1 Å². The molecule has 17 nitrogen and oxygen atoms in total. The Morgan fingerprint density at radius 3 is 1.31 bits per heavy atom. The van der Waals surface area contributed by atoms with Crippen LogP contribution in [0.3, 0.4) is 0 Å². The Balaban J connectivity index is 0.847. The van der Waals surface area contributed by atoms with Crippen LogP contribution in [0.4, 0.5) is 26.3 Å². The molecular formula is C62H44F6N8O9. The standard InChI is InChI=1S/C62H44F6N8O9/c1-81-13-11-75-55-19-35(7-9-51(55)71-57(75)21-39-17-49(67)43(27-47(39)65)53-23-41(77)25-59(73-53)83-31-37-5-3-33(29-69)15-45(37)63)61(79)85-62(80)36-8-10-52-56(20-36)76(12-14-82-2)58(72-52)22-40-18-50(68)44(28-48(40)66)54-24-42(78)26-60(74-54)84-32-38-6-4-34(30-70)16-46(38)64/h3-10,15-20,23-28H,11-14,21-22,31-32H2,1-2H3,(H,73,77)(H,74,78). The summed E-state index contributed by atoms with van der Waals surface area (Å²) >= 11 is 0. The van der Waals surface area contributed by atoms with Crippen molar-refractivity contribution in [3.8, 4) is 46.4 Å². The highest BCUT2D eigenvalue weighted by Gasteiger charge is 2.24. The Morgan fingerprint density at radius 1 is 0.506 bits per heavy atom. The Labute approximate surface area is 477 Å². The van der Waals surface area contributed by atoms with Gasteiger partial charge < -0.3 is 42.8 Å². The van der Waals surface area contributed by atoms with E-state index in [1.54, 1.807) is 9.13 Å². The predicted octanol–water partition coefficient (Wildman–Crippen LogP) is 10.3. The number of aromatic amines is 2. The Bertz CT molecular complexity index is 4220. The largest absolute Gasteiger partial charge is 0.474 e. The van der Waals surface area contributed by atoms with Gasteiger partial charge in [0.25, 0.3) is 0 Å². The minimum atomic E-state index is -1.04. The van der Waals surface area contributed by atoms with Gasteiger partial charge in [-0.2, -0.15) is 10.5 Å². The van der Waals surface area contributed by atoms with E-state index in [2.05, 4.69) is 19.9 Å². The third-order valence-corrected chi connectivity index (χ3v) is 13.7. The number of methoxy groups -OCH3 is 2. The minimum Gasteiger partial charge on any atom is -0.474 e. The number of nitrogens with zero attached hydrogens (tertiary/aromatic N) is 6. The summed E-state index contributed by atoms with van der Waals surface area (Å²) in [6, 6.07) is 27.7. The van der Waals surface area contributed by atoms with Gasteiger partial charge in [0.1, 0.15) is 59.8 Å². The van der Waals surface area contributed by atoms with Crippen molar-refractivity contribution >= 4 is 34.0 Å². The molecule has 0 spiro atoms. The van der Waals surface area contributed by atoms with Crippen LogP contribution in [0, 0.1) is 57.6 Å². The number of imidazole rings is 2. The molecule has 6 aromatic carbocycles. The molecular weight excluding hydrogens is 1110 g/mol. The molecule has 0 saturated carbocycles. The van der Waals surface area contributed by atoms with Crippen LogP contribution < -0.4 is 20.3 Å². The lowest BCUT2D eigenvalue weighted by molar-refractivity contribution is 0.0397. The Hall–Kier alpha value is -10.6. The molecule has 0 fully saturated rings. The van der Waals surface area contributed by atoms with E-state index in [4.69, 9.17) is 34.2 Å². The second-order valence-electron chi connectivity index (χ2n) is 19.2. The maximum absolute atomic E-state index is 16.0. The second kappa shape index (κ2) is 24.8. The fourth-order valence-corrected chi connectivity index (χ4v) is 9.40. The number of H-pyrrole nitrogens is 2. The van der Waals surface area contributed by atoms with Crippen LogP contribution in [0.1, 0.15) is 65.7 Å². The monoisotopic (exact) mass is 1160 g/mol. The molecule has 2 N–H and O–H groups in total. The van der Waals surface area contributed by atoms with Gasteiger partial charge in [-0.3, -0.25) is 9.59 Å². The van der Waals surface area contributed by atoms with Gasteiger partial charge in [-0.05, 0) is 96.1 Å². The zero-order chi connectivity index (χ0) is 60.1. The van der Waals surface area contributed by atoms with Crippen molar-refractivity contribution in [3.63, 3.8) is 0 Å². The number of aromatic nitrogens is 6. The van der Waals surface area contributed by atoms with Crippen molar-refractivity contribution in [1.29, 1.82) is 10.5 Å². The number of halogens is 6. The van der Waals surface area contributed by atoms with Gasteiger partial charge in [-0.25, -0.2) is 45.9 Å². The van der Waals surface area contributed by atoms with E-state index in [0.29, 0.717) is 22.1 Å². The maximum atomic E-state index is 16.0. The van der Waals surface area contributed by atoms with Gasteiger partial charge in [0.2, 0.25) is 0 Å². The van der Waals surface area contributed by atoms with Crippen LogP contribution in [0.5, 0.6) is 11.8 Å². The fraction of sp³-hybridized carbons (Fsp3) is 0.161. The number of fused-ring (bicyclic) bond motifs is 2. The molecule has 4 aromatic heterocycles. The highest BCUT2D eigenvalue weighted by Crippen LogP contribution is 2.31. The minimum absolute atomic E-state index is 0.0627. The number of benzene rings is 6. The van der Waals surface area contributed by atoms with Crippen molar-refractivity contribution in [2.75, 3.05) is 27.4 Å². The van der Waals surface area contributed by atoms with Crippen molar-refractivity contribution in [3.05, 3.63) is 233 Å².